The predicted octanol–water partition coefficient (Wildman–Crippen LogP) is 1.41. The third kappa shape index (κ3) is 4.75. The van der Waals surface area contributed by atoms with Crippen LogP contribution in [0.4, 0.5) is 0 Å². The van der Waals surface area contributed by atoms with Gasteiger partial charge in [0.15, 0.2) is 0 Å². The third-order valence-electron chi connectivity index (χ3n) is 4.97. The van der Waals surface area contributed by atoms with E-state index in [1.807, 2.05) is 13.8 Å². The Morgan fingerprint density at radius 2 is 1.07 bits per heavy atom. The van der Waals surface area contributed by atoms with E-state index in [2.05, 4.69) is 0 Å². The summed E-state index contributed by atoms with van der Waals surface area (Å²) < 4.78 is 0. The van der Waals surface area contributed by atoms with E-state index in [1.165, 1.54) is 0 Å². The number of carbonyl (C=O) groups excluding carboxylic acids is 3. The van der Waals surface area contributed by atoms with Crippen LogP contribution in [0.15, 0.2) is 48.5 Å². The summed E-state index contributed by atoms with van der Waals surface area (Å²) in [7, 11) is 0. The van der Waals surface area contributed by atoms with Crippen LogP contribution in [-0.2, 0) is 4.79 Å². The molecule has 6 nitrogen and oxygen atoms in total. The molecule has 0 radical (unpaired) electrons. The zero-order valence-electron chi connectivity index (χ0n) is 16.8. The van der Waals surface area contributed by atoms with Crippen molar-refractivity contribution in [1.82, 2.24) is 4.90 Å². The van der Waals surface area contributed by atoms with Crippen LogP contribution < -0.4 is 10.2 Å². The molecule has 0 aliphatic carbocycles. The number of nitrogens with zero attached hydrogens (tertiary/aromatic N) is 1. The molecule has 1 amide bonds. The van der Waals surface area contributed by atoms with Crippen molar-refractivity contribution in [2.24, 2.45) is 0 Å². The van der Waals surface area contributed by atoms with Crippen molar-refractivity contribution in [3.8, 4) is 0 Å². The van der Waals surface area contributed by atoms with Gasteiger partial charge in [0, 0.05) is 13.1 Å². The van der Waals surface area contributed by atoms with Gasteiger partial charge >= 0.3 is 45.5 Å². The van der Waals surface area contributed by atoms with E-state index in [4.69, 9.17) is 0 Å². The van der Waals surface area contributed by atoms with Gasteiger partial charge in [0.2, 0.25) is 6.41 Å². The summed E-state index contributed by atoms with van der Waals surface area (Å²) in [5.74, 6) is -2.44. The second-order valence-corrected chi connectivity index (χ2v) is 6.63. The van der Waals surface area contributed by atoms with Gasteiger partial charge in [-0.3, -0.25) is 4.79 Å². The van der Waals surface area contributed by atoms with Crippen LogP contribution in [-0.4, -0.2) is 81.8 Å². The van der Waals surface area contributed by atoms with Gasteiger partial charge in [0.25, 0.3) is 0 Å². The molecule has 0 unspecified atom stereocenters. The fraction of sp³-hybridized carbons (Fsp3) is 0.174. The SMILES string of the molecule is CCN(C=O)CC.O=C([O-])c1cc2ccc3cc(C(=O)[O-])cc4ccc(c1)c2c34.[Sr+2]. The van der Waals surface area contributed by atoms with Crippen LogP contribution in [0.3, 0.4) is 0 Å². The molecule has 4 aromatic carbocycles. The van der Waals surface area contributed by atoms with Gasteiger partial charge in [-0.05, 0) is 81.6 Å². The van der Waals surface area contributed by atoms with Gasteiger partial charge in [-0.1, -0.05) is 24.3 Å². The maximum absolute atomic E-state index is 11.1. The average Bonchev–Trinajstić information content (AvgIpc) is 2.73. The van der Waals surface area contributed by atoms with Crippen LogP contribution >= 0.6 is 0 Å². The van der Waals surface area contributed by atoms with Crippen LogP contribution in [0.1, 0.15) is 34.6 Å². The molecule has 0 atom stereocenters. The first kappa shape index (κ1) is 24.1. The molecule has 0 heterocycles. The smallest absolute Gasteiger partial charge is 0.545 e. The van der Waals surface area contributed by atoms with E-state index in [-0.39, 0.29) is 56.6 Å². The summed E-state index contributed by atoms with van der Waals surface area (Å²) in [6.07, 6.45) is 0.861. The first-order chi connectivity index (χ1) is 13.9. The predicted molar refractivity (Wildman–Crippen MR) is 114 cm³/mol. The van der Waals surface area contributed by atoms with E-state index in [1.54, 1.807) is 53.4 Å². The Labute approximate surface area is 210 Å². The monoisotopic (exact) mass is 477 g/mol. The van der Waals surface area contributed by atoms with E-state index < -0.39 is 11.9 Å². The summed E-state index contributed by atoms with van der Waals surface area (Å²) in [6.45, 7) is 5.55. The normalized spacial score (nSPS) is 10.3. The fourth-order valence-corrected chi connectivity index (χ4v) is 3.45. The minimum Gasteiger partial charge on any atom is -0.545 e. The molecule has 4 aromatic rings. The van der Waals surface area contributed by atoms with Crippen LogP contribution in [0.25, 0.3) is 32.3 Å². The largest absolute Gasteiger partial charge is 2.00 e. The van der Waals surface area contributed by atoms with Gasteiger partial charge in [-0.15, -0.1) is 0 Å². The summed E-state index contributed by atoms with van der Waals surface area (Å²) in [6, 6.07) is 13.4. The minimum absolute atomic E-state index is 0. The molecule has 7 heteroatoms. The number of amides is 1. The molecule has 0 bridgehead atoms. The Kier molecular flexibility index (Phi) is 8.20. The van der Waals surface area contributed by atoms with Crippen LogP contribution in [0, 0.1) is 0 Å². The number of hydrogen-bond donors (Lipinski definition) is 0. The van der Waals surface area contributed by atoms with Gasteiger partial charge in [-0.25, -0.2) is 0 Å². The topological polar surface area (TPSA) is 101 Å². The number of carbonyl (C=O) groups is 3. The van der Waals surface area contributed by atoms with Crippen molar-refractivity contribution in [2.45, 2.75) is 13.8 Å². The quantitative estimate of drug-likeness (QED) is 0.246. The van der Waals surface area contributed by atoms with Crippen molar-refractivity contribution < 1.29 is 24.6 Å². The van der Waals surface area contributed by atoms with Crippen LogP contribution in [0.5, 0.6) is 0 Å². The molecule has 0 N–H and O–H groups in total. The Morgan fingerprint density at radius 1 is 0.767 bits per heavy atom. The zero-order chi connectivity index (χ0) is 21.1. The molecular formula is C23H19NO5Sr. The number of rotatable bonds is 5. The molecule has 30 heavy (non-hydrogen) atoms. The fourth-order valence-electron chi connectivity index (χ4n) is 3.45. The second kappa shape index (κ2) is 10.2. The molecular weight excluding hydrogens is 458 g/mol. The molecule has 4 rings (SSSR count). The van der Waals surface area contributed by atoms with E-state index in [9.17, 15) is 24.6 Å². The Bertz CT molecular complexity index is 1060. The molecule has 0 aromatic heterocycles. The Hall–Kier alpha value is -2.19. The Balaban J connectivity index is 0.000000350. The summed E-state index contributed by atoms with van der Waals surface area (Å²) in [5.41, 5.74) is 0.252. The van der Waals surface area contributed by atoms with E-state index in [0.717, 1.165) is 51.8 Å². The second-order valence-electron chi connectivity index (χ2n) is 6.63. The molecule has 148 valence electrons. The first-order valence-electron chi connectivity index (χ1n) is 9.24. The molecule has 0 aliphatic rings. The first-order valence-corrected chi connectivity index (χ1v) is 9.24. The summed E-state index contributed by atoms with van der Waals surface area (Å²) >= 11 is 0. The summed E-state index contributed by atoms with van der Waals surface area (Å²) in [4.78, 5) is 33.8. The van der Waals surface area contributed by atoms with Crippen molar-refractivity contribution in [3.63, 3.8) is 0 Å². The van der Waals surface area contributed by atoms with E-state index in [0.29, 0.717) is 0 Å². The maximum Gasteiger partial charge on any atom is 2.00 e. The maximum atomic E-state index is 11.1. The number of hydrogen-bond acceptors (Lipinski definition) is 5. The van der Waals surface area contributed by atoms with Gasteiger partial charge in [-0.2, -0.15) is 0 Å². The number of benzene rings is 4. The van der Waals surface area contributed by atoms with Crippen molar-refractivity contribution in [1.29, 1.82) is 0 Å². The van der Waals surface area contributed by atoms with Gasteiger partial charge < -0.3 is 24.7 Å². The molecule has 0 fully saturated rings. The molecule has 0 saturated heterocycles. The van der Waals surface area contributed by atoms with Crippen LogP contribution in [0.2, 0.25) is 0 Å². The Morgan fingerprint density at radius 3 is 1.23 bits per heavy atom. The van der Waals surface area contributed by atoms with Crippen molar-refractivity contribution in [3.05, 3.63) is 59.7 Å². The number of aromatic carboxylic acids is 2. The zero-order valence-corrected chi connectivity index (χ0v) is 20.3. The summed E-state index contributed by atoms with van der Waals surface area (Å²) in [5, 5.41) is 27.2. The number of carboxylic acids is 2. The standard InChI is InChI=1S/C18H10O4.C5H11NO.Sr/c19-17(20)13-5-9-1-2-10-6-14(18(21)22)8-12-4-3-11(7-13)15(9)16(10)12;1-3-6(4-2)5-7;/h1-8H,(H,19,20)(H,21,22);5H,3-4H2,1-2H3;/q;;+2/p-2. The molecule has 0 spiro atoms. The minimum atomic E-state index is -1.22. The third-order valence-corrected chi connectivity index (χ3v) is 4.97. The van der Waals surface area contributed by atoms with E-state index >= 15 is 0 Å². The number of carboxylic acid groups (broad SMARTS) is 2. The van der Waals surface area contributed by atoms with Gasteiger partial charge in [0.1, 0.15) is 0 Å². The van der Waals surface area contributed by atoms with Gasteiger partial charge in [0.05, 0.1) is 11.9 Å². The van der Waals surface area contributed by atoms with Crippen molar-refractivity contribution >= 4 is 96.1 Å². The average molecular weight is 477 g/mol. The van der Waals surface area contributed by atoms with Crippen molar-refractivity contribution in [2.75, 3.05) is 13.1 Å². The molecule has 0 aliphatic heterocycles. The molecule has 0 saturated carbocycles.